The number of hydrogen-bond acceptors (Lipinski definition) is 5. The minimum Gasteiger partial charge on any atom is -0.681 e. The molecule has 58 heavy (non-hydrogen) atoms. The van der Waals surface area contributed by atoms with Crippen molar-refractivity contribution in [2.75, 3.05) is 13.7 Å². The van der Waals surface area contributed by atoms with Crippen molar-refractivity contribution in [1.29, 1.82) is 0 Å². The second-order valence-corrected chi connectivity index (χ2v) is 16.4. The van der Waals surface area contributed by atoms with E-state index in [9.17, 15) is 14.7 Å². The summed E-state index contributed by atoms with van der Waals surface area (Å²) >= 11 is 0. The van der Waals surface area contributed by atoms with Crippen LogP contribution in [-0.2, 0) is 25.5 Å². The van der Waals surface area contributed by atoms with E-state index < -0.39 is 17.9 Å². The first-order chi connectivity index (χ1) is 27.3. The van der Waals surface area contributed by atoms with Crippen molar-refractivity contribution >= 4 is 70.6 Å². The van der Waals surface area contributed by atoms with E-state index >= 15 is 0 Å². The summed E-state index contributed by atoms with van der Waals surface area (Å²) in [5.74, 6) is -1.60. The maximum Gasteiger partial charge on any atom is 2.00 e. The number of fused-ring (bicyclic) bond motifs is 8. The maximum atomic E-state index is 13.6. The SMILES string of the molecule is C=Cc1c2[n-]c(c1C)/C=C1\[N-]C(C3=c4[n-]c(c(C)c4=C(O)[C@@H]3C(=O)OC)/C=c3\[n-]/c(c(C)c3CC)=C\2)[C@@H](CCC(=O)OC/C=C(/C)CCC[C@@H](C)CCCC)[C@@H]1C.[Mg+2]. The van der Waals surface area contributed by atoms with Crippen molar-refractivity contribution in [3.63, 3.8) is 0 Å². The van der Waals surface area contributed by atoms with Crippen LogP contribution in [0.15, 0.2) is 23.9 Å². The molecule has 5 heterocycles. The van der Waals surface area contributed by atoms with Crippen molar-refractivity contribution in [2.24, 2.45) is 23.7 Å². The van der Waals surface area contributed by atoms with Crippen LogP contribution in [-0.4, -0.2) is 59.9 Å². The van der Waals surface area contributed by atoms with Crippen LogP contribution >= 0.6 is 0 Å². The number of carbonyl (C=O) groups excluding carboxylic acids is 2. The van der Waals surface area contributed by atoms with Crippen LogP contribution in [0.2, 0.25) is 0 Å². The molecule has 0 amide bonds. The normalized spacial score (nSPS) is 22.2. The van der Waals surface area contributed by atoms with Gasteiger partial charge < -0.3 is 34.8 Å². The molecule has 1 aliphatic carbocycles. The standard InChI is InChI=1S/C48H60N4O5.Mg/c1-11-14-16-26(4)17-15-18-27(5)21-22-57-41(53)20-19-34-30(8)37-23-35-28(6)32(12-2)39(49-35)24-36-29(7)33(13-3)40(50-36)25-38-31(9)42-46(52-38)43(45(34)51-37)44(47(42)54)48(55)56-10;/h12,21,23-26,30,34,44-45,54H,2,11,13-20,22H2,1,3-10H3;/q-4;+2/b27-21-,36-24-,37-23-,40-25-;/t26-,30-,34-,44+,45?;/m0./s1. The van der Waals surface area contributed by atoms with Gasteiger partial charge in [0.2, 0.25) is 0 Å². The van der Waals surface area contributed by atoms with Gasteiger partial charge in [0.1, 0.15) is 18.3 Å². The Labute approximate surface area is 360 Å². The molecule has 1 saturated heterocycles. The number of nitrogens with zero attached hydrogens (tertiary/aromatic N) is 4. The van der Waals surface area contributed by atoms with Gasteiger partial charge in [-0.1, -0.05) is 124 Å². The van der Waals surface area contributed by atoms with Crippen molar-refractivity contribution in [1.82, 2.24) is 15.0 Å². The fourth-order valence-corrected chi connectivity index (χ4v) is 9.07. The molecule has 3 aliphatic rings. The van der Waals surface area contributed by atoms with E-state index in [0.717, 1.165) is 80.8 Å². The van der Waals surface area contributed by atoms with Crippen LogP contribution < -0.4 is 36.2 Å². The van der Waals surface area contributed by atoms with E-state index in [0.29, 0.717) is 28.3 Å². The summed E-state index contributed by atoms with van der Waals surface area (Å²) in [6, 6.07) is -0.569. The largest absolute Gasteiger partial charge is 2.00 e. The maximum absolute atomic E-state index is 13.6. The smallest absolute Gasteiger partial charge is 0.681 e. The van der Waals surface area contributed by atoms with Crippen LogP contribution in [0.1, 0.15) is 131 Å². The Morgan fingerprint density at radius 1 is 0.948 bits per heavy atom. The second-order valence-electron chi connectivity index (χ2n) is 16.4. The summed E-state index contributed by atoms with van der Waals surface area (Å²) < 4.78 is 11.0. The summed E-state index contributed by atoms with van der Waals surface area (Å²) in [5, 5.41) is 19.9. The molecular formula is C48H60MgN4O5-2. The Kier molecular flexibility index (Phi) is 14.9. The van der Waals surface area contributed by atoms with E-state index in [1.54, 1.807) is 0 Å². The van der Waals surface area contributed by atoms with E-state index in [1.807, 2.05) is 44.2 Å². The number of aromatic nitrogens is 3. The number of hydrogen-bond donors (Lipinski definition) is 1. The monoisotopic (exact) mass is 796 g/mol. The Bertz CT molecular complexity index is 2350. The number of methoxy groups -OCH3 is 1. The summed E-state index contributed by atoms with van der Waals surface area (Å²) in [7, 11) is 1.33. The van der Waals surface area contributed by atoms with E-state index in [4.69, 9.17) is 29.7 Å². The number of allylic oxidation sites excluding steroid dienone is 2. The molecule has 0 aromatic carbocycles. The molecular weight excluding hydrogens is 737 g/mol. The van der Waals surface area contributed by atoms with Crippen molar-refractivity contribution in [3.05, 3.63) is 95.4 Å². The van der Waals surface area contributed by atoms with Gasteiger partial charge in [0.25, 0.3) is 0 Å². The molecule has 6 rings (SSSR count). The fraction of sp³-hybridized carbons (Fsp3) is 0.500. The predicted octanol–water partition coefficient (Wildman–Crippen LogP) is 6.21. The summed E-state index contributed by atoms with van der Waals surface area (Å²) in [5.41, 5.74) is 9.71. The minimum atomic E-state index is -1.07. The van der Waals surface area contributed by atoms with Gasteiger partial charge >= 0.3 is 35.0 Å². The first kappa shape index (κ1) is 44.9. The van der Waals surface area contributed by atoms with Gasteiger partial charge in [-0.3, -0.25) is 9.59 Å². The predicted molar refractivity (Wildman–Crippen MR) is 234 cm³/mol. The van der Waals surface area contributed by atoms with Gasteiger partial charge in [-0.2, -0.15) is 5.70 Å². The number of unbranched alkanes of at least 4 members (excludes halogenated alkanes) is 1. The van der Waals surface area contributed by atoms with Crippen LogP contribution in [0, 0.1) is 44.4 Å². The fourth-order valence-electron chi connectivity index (χ4n) is 9.07. The van der Waals surface area contributed by atoms with Crippen molar-refractivity contribution < 1.29 is 24.2 Å². The van der Waals surface area contributed by atoms with Crippen LogP contribution in [0.4, 0.5) is 0 Å². The van der Waals surface area contributed by atoms with E-state index in [-0.39, 0.29) is 59.6 Å². The Hall–Kier alpha value is -4.15. The Morgan fingerprint density at radius 2 is 1.66 bits per heavy atom. The third-order valence-corrected chi connectivity index (χ3v) is 12.7. The van der Waals surface area contributed by atoms with Crippen molar-refractivity contribution in [3.8, 4) is 0 Å². The molecule has 306 valence electrons. The molecule has 5 atom stereocenters. The molecule has 3 aromatic heterocycles. The number of carbonyl (C=O) groups is 2. The van der Waals surface area contributed by atoms with E-state index in [2.05, 4.69) is 48.1 Å². The Morgan fingerprint density at radius 3 is 2.34 bits per heavy atom. The third kappa shape index (κ3) is 8.88. The number of ether oxygens (including phenoxy) is 2. The average molecular weight is 797 g/mol. The van der Waals surface area contributed by atoms with Gasteiger partial charge in [-0.25, -0.2) is 0 Å². The zero-order valence-electron chi connectivity index (χ0n) is 36.1. The number of rotatable bonds is 15. The van der Waals surface area contributed by atoms with E-state index in [1.165, 1.54) is 38.4 Å². The van der Waals surface area contributed by atoms with Gasteiger partial charge in [0, 0.05) is 11.6 Å². The van der Waals surface area contributed by atoms with Gasteiger partial charge in [0.05, 0.1) is 7.11 Å². The first-order valence-corrected chi connectivity index (χ1v) is 20.9. The molecule has 9 nitrogen and oxygen atoms in total. The van der Waals surface area contributed by atoms with Gasteiger partial charge in [-0.15, -0.1) is 33.1 Å². The molecule has 2 aliphatic heterocycles. The summed E-state index contributed by atoms with van der Waals surface area (Å²) in [6.07, 6.45) is 18.4. The van der Waals surface area contributed by atoms with Crippen molar-refractivity contribution in [2.45, 2.75) is 119 Å². The van der Waals surface area contributed by atoms with Gasteiger partial charge in [-0.05, 0) is 82.8 Å². The third-order valence-electron chi connectivity index (χ3n) is 12.7. The average Bonchev–Trinajstić information content (AvgIpc) is 3.93. The first-order valence-electron chi connectivity index (χ1n) is 20.9. The summed E-state index contributed by atoms with van der Waals surface area (Å²) in [4.78, 5) is 42.2. The molecule has 10 heteroatoms. The molecule has 0 radical (unpaired) electrons. The van der Waals surface area contributed by atoms with Crippen LogP contribution in [0.3, 0.4) is 0 Å². The number of aliphatic hydroxyl groups is 1. The molecule has 8 bridgehead atoms. The minimum absolute atomic E-state index is 0. The summed E-state index contributed by atoms with van der Waals surface area (Å²) in [6.45, 7) is 21.3. The quantitative estimate of drug-likeness (QED) is 0.109. The topological polar surface area (TPSA) is 129 Å². The second kappa shape index (κ2) is 19.3. The van der Waals surface area contributed by atoms with Crippen LogP contribution in [0.25, 0.3) is 41.0 Å². The number of esters is 2. The van der Waals surface area contributed by atoms with Crippen LogP contribution in [0.5, 0.6) is 0 Å². The zero-order valence-corrected chi connectivity index (χ0v) is 37.5. The molecule has 0 spiro atoms. The van der Waals surface area contributed by atoms with Gasteiger partial charge in [0.15, 0.2) is 0 Å². The molecule has 1 unspecified atom stereocenters. The number of aliphatic hydroxyl groups excluding tert-OH is 1. The zero-order chi connectivity index (χ0) is 41.1. The Balaban J connectivity index is 0.00000641. The molecule has 1 fully saturated rings. The molecule has 3 aromatic rings. The molecule has 1 N–H and O–H groups in total. The molecule has 0 saturated carbocycles.